The Morgan fingerprint density at radius 3 is 2.56 bits per heavy atom. The first-order chi connectivity index (χ1) is 12.8. The molecule has 152 valence electrons. The van der Waals surface area contributed by atoms with Gasteiger partial charge in [-0.1, -0.05) is 13.8 Å². The molecule has 9 heteroatoms. The van der Waals surface area contributed by atoms with E-state index in [1.807, 2.05) is 0 Å². The quantitative estimate of drug-likeness (QED) is 0.669. The second-order valence-corrected chi connectivity index (χ2v) is 8.86. The Morgan fingerprint density at radius 1 is 1.30 bits per heavy atom. The van der Waals surface area contributed by atoms with E-state index in [4.69, 9.17) is 9.15 Å². The number of carbonyl (C=O) groups is 2. The monoisotopic (exact) mass is 400 g/mol. The lowest BCUT2D eigenvalue weighted by Gasteiger charge is -2.29. The second kappa shape index (κ2) is 9.36. The van der Waals surface area contributed by atoms with Gasteiger partial charge in [-0.15, -0.1) is 0 Å². The summed E-state index contributed by atoms with van der Waals surface area (Å²) in [5, 5.41) is 2.63. The number of carbonyl (C=O) groups excluding carboxylic acids is 2. The molecule has 0 aliphatic carbocycles. The van der Waals surface area contributed by atoms with Crippen molar-refractivity contribution in [2.45, 2.75) is 45.1 Å². The molecule has 8 nitrogen and oxygen atoms in total. The molecule has 1 aromatic heterocycles. The highest BCUT2D eigenvalue weighted by atomic mass is 32.2. The van der Waals surface area contributed by atoms with Crippen LogP contribution in [0.25, 0.3) is 0 Å². The minimum absolute atomic E-state index is 0.0182. The van der Waals surface area contributed by atoms with Crippen molar-refractivity contribution in [1.82, 2.24) is 9.62 Å². The van der Waals surface area contributed by atoms with Crippen LogP contribution in [0.5, 0.6) is 0 Å². The van der Waals surface area contributed by atoms with Crippen molar-refractivity contribution in [3.05, 3.63) is 17.9 Å². The molecule has 0 unspecified atom stereocenters. The normalized spacial score (nSPS) is 16.4. The zero-order valence-corrected chi connectivity index (χ0v) is 16.9. The van der Waals surface area contributed by atoms with E-state index in [1.165, 1.54) is 16.4 Å². The predicted octanol–water partition coefficient (Wildman–Crippen LogP) is 2.02. The van der Waals surface area contributed by atoms with Gasteiger partial charge in [-0.3, -0.25) is 4.79 Å². The van der Waals surface area contributed by atoms with E-state index >= 15 is 0 Å². The van der Waals surface area contributed by atoms with Gasteiger partial charge in [0.15, 0.2) is 0 Å². The van der Waals surface area contributed by atoms with E-state index in [-0.39, 0.29) is 42.4 Å². The summed E-state index contributed by atoms with van der Waals surface area (Å²) < 4.78 is 36.6. The Labute approximate surface area is 160 Å². The highest BCUT2D eigenvalue weighted by Gasteiger charge is 2.34. The number of hydrogen-bond donors (Lipinski definition) is 1. The number of hydrogen-bond acceptors (Lipinski definition) is 6. The highest BCUT2D eigenvalue weighted by molar-refractivity contribution is 7.89. The van der Waals surface area contributed by atoms with Gasteiger partial charge < -0.3 is 14.5 Å². The maximum absolute atomic E-state index is 12.7. The minimum Gasteiger partial charge on any atom is -0.460 e. The van der Waals surface area contributed by atoms with E-state index < -0.39 is 16.0 Å². The lowest BCUT2D eigenvalue weighted by atomic mass is 9.97. The molecule has 1 amide bonds. The molecule has 0 radical (unpaired) electrons. The molecule has 0 saturated carbocycles. The largest absolute Gasteiger partial charge is 0.460 e. The van der Waals surface area contributed by atoms with E-state index in [9.17, 15) is 18.0 Å². The standard InChI is InChI=1S/C18H28N2O6S/c1-4-25-18(22)15-5-6-16(26-15)27(23,24)20-11-8-14(9-12-20)17(21)19-10-7-13(2)3/h5-6,13-14H,4,7-12H2,1-3H3,(H,19,21). The number of nitrogens with one attached hydrogen (secondary N) is 1. The van der Waals surface area contributed by atoms with Crippen molar-refractivity contribution in [2.24, 2.45) is 11.8 Å². The van der Waals surface area contributed by atoms with Crippen LogP contribution < -0.4 is 5.32 Å². The second-order valence-electron chi connectivity index (χ2n) is 6.99. The minimum atomic E-state index is -3.84. The zero-order valence-electron chi connectivity index (χ0n) is 16.1. The Morgan fingerprint density at radius 2 is 1.96 bits per heavy atom. The summed E-state index contributed by atoms with van der Waals surface area (Å²) in [6.07, 6.45) is 1.83. The van der Waals surface area contributed by atoms with Crippen molar-refractivity contribution in [3.63, 3.8) is 0 Å². The topological polar surface area (TPSA) is 106 Å². The van der Waals surface area contributed by atoms with Gasteiger partial charge in [0.1, 0.15) is 0 Å². The number of furan rings is 1. The van der Waals surface area contributed by atoms with E-state index in [0.717, 1.165) is 6.42 Å². The number of rotatable bonds is 8. The van der Waals surface area contributed by atoms with Gasteiger partial charge in [-0.05, 0) is 44.2 Å². The molecular weight excluding hydrogens is 372 g/mol. The van der Waals surface area contributed by atoms with Gasteiger partial charge in [-0.2, -0.15) is 4.31 Å². The fourth-order valence-corrected chi connectivity index (χ4v) is 4.27. The molecule has 0 spiro atoms. The van der Waals surface area contributed by atoms with Crippen molar-refractivity contribution >= 4 is 21.9 Å². The molecule has 27 heavy (non-hydrogen) atoms. The molecule has 0 bridgehead atoms. The Balaban J connectivity index is 1.92. The van der Waals surface area contributed by atoms with E-state index in [2.05, 4.69) is 19.2 Å². The number of ether oxygens (including phenoxy) is 1. The summed E-state index contributed by atoms with van der Waals surface area (Å²) in [4.78, 5) is 23.8. The molecule has 1 aromatic rings. The third kappa shape index (κ3) is 5.55. The smallest absolute Gasteiger partial charge is 0.374 e. The van der Waals surface area contributed by atoms with E-state index in [1.54, 1.807) is 6.92 Å². The SMILES string of the molecule is CCOC(=O)c1ccc(S(=O)(=O)N2CCC(C(=O)NCCC(C)C)CC2)o1. The molecule has 0 aromatic carbocycles. The fraction of sp³-hybridized carbons (Fsp3) is 0.667. The van der Waals surface area contributed by atoms with Gasteiger partial charge in [0, 0.05) is 25.6 Å². The zero-order chi connectivity index (χ0) is 20.0. The fourth-order valence-electron chi connectivity index (χ4n) is 2.88. The number of piperidine rings is 1. The van der Waals surface area contributed by atoms with Gasteiger partial charge in [-0.25, -0.2) is 13.2 Å². The Bertz CT molecular complexity index is 748. The van der Waals surface area contributed by atoms with Gasteiger partial charge >= 0.3 is 5.97 Å². The summed E-state index contributed by atoms with van der Waals surface area (Å²) in [6.45, 7) is 7.13. The van der Waals surface area contributed by atoms with Gasteiger partial charge in [0.05, 0.1) is 6.61 Å². The Hall–Kier alpha value is -1.87. The first-order valence-corrected chi connectivity index (χ1v) is 10.7. The number of amides is 1. The number of sulfonamides is 1. The molecular formula is C18H28N2O6S. The number of esters is 1. The summed E-state index contributed by atoms with van der Waals surface area (Å²) in [5.74, 6) is -0.527. The first-order valence-electron chi connectivity index (χ1n) is 9.30. The van der Waals surface area contributed by atoms with Crippen molar-refractivity contribution < 1.29 is 27.2 Å². The Kier molecular flexibility index (Phi) is 7.43. The molecule has 1 N–H and O–H groups in total. The summed E-state index contributed by atoms with van der Waals surface area (Å²) in [7, 11) is -3.84. The van der Waals surface area contributed by atoms with Gasteiger partial charge in [0.25, 0.3) is 10.0 Å². The molecule has 1 fully saturated rings. The first kappa shape index (κ1) is 21.4. The molecule has 2 heterocycles. The van der Waals surface area contributed by atoms with Crippen molar-refractivity contribution in [3.8, 4) is 0 Å². The molecule has 1 saturated heterocycles. The van der Waals surface area contributed by atoms with Crippen LogP contribution in [-0.2, 0) is 19.6 Å². The van der Waals surface area contributed by atoms with Crippen LogP contribution in [0.2, 0.25) is 0 Å². The number of nitrogens with zero attached hydrogens (tertiary/aromatic N) is 1. The van der Waals surface area contributed by atoms with Crippen LogP contribution in [0.4, 0.5) is 0 Å². The lowest BCUT2D eigenvalue weighted by Crippen LogP contribution is -2.43. The lowest BCUT2D eigenvalue weighted by molar-refractivity contribution is -0.126. The average Bonchev–Trinajstić information content (AvgIpc) is 3.13. The molecule has 2 rings (SSSR count). The van der Waals surface area contributed by atoms with Crippen LogP contribution in [0.15, 0.2) is 21.6 Å². The van der Waals surface area contributed by atoms with Crippen molar-refractivity contribution in [2.75, 3.05) is 26.2 Å². The van der Waals surface area contributed by atoms with Crippen LogP contribution >= 0.6 is 0 Å². The molecule has 1 aliphatic heterocycles. The van der Waals surface area contributed by atoms with Crippen molar-refractivity contribution in [1.29, 1.82) is 0 Å². The van der Waals surface area contributed by atoms with E-state index in [0.29, 0.717) is 25.3 Å². The highest BCUT2D eigenvalue weighted by Crippen LogP contribution is 2.25. The summed E-state index contributed by atoms with van der Waals surface area (Å²) >= 11 is 0. The molecule has 1 aliphatic rings. The van der Waals surface area contributed by atoms with Crippen LogP contribution in [0, 0.1) is 11.8 Å². The van der Waals surface area contributed by atoms with Crippen LogP contribution in [0.3, 0.4) is 0 Å². The third-order valence-electron chi connectivity index (χ3n) is 4.50. The summed E-state index contributed by atoms with van der Waals surface area (Å²) in [6, 6.07) is 2.55. The third-order valence-corrected chi connectivity index (χ3v) is 6.27. The maximum Gasteiger partial charge on any atom is 0.374 e. The van der Waals surface area contributed by atoms with Crippen LogP contribution in [0.1, 0.15) is 50.6 Å². The predicted molar refractivity (Wildman–Crippen MR) is 98.6 cm³/mol. The average molecular weight is 400 g/mol. The van der Waals surface area contributed by atoms with Gasteiger partial charge in [0.2, 0.25) is 16.8 Å². The molecule has 0 atom stereocenters. The summed E-state index contributed by atoms with van der Waals surface area (Å²) in [5.41, 5.74) is 0. The maximum atomic E-state index is 12.7. The van der Waals surface area contributed by atoms with Crippen LogP contribution in [-0.4, -0.2) is 50.8 Å².